The molecule has 0 saturated carbocycles. The van der Waals surface area contributed by atoms with Crippen LogP contribution in [0.25, 0.3) is 22.9 Å². The van der Waals surface area contributed by atoms with Gasteiger partial charge in [0.2, 0.25) is 0 Å². The number of ether oxygens (including phenoxy) is 2. The second-order valence-corrected chi connectivity index (χ2v) is 8.50. The van der Waals surface area contributed by atoms with Crippen LogP contribution < -0.4 is 9.47 Å². The van der Waals surface area contributed by atoms with Gasteiger partial charge in [-0.15, -0.1) is 11.3 Å². The van der Waals surface area contributed by atoms with E-state index in [1.807, 2.05) is 35.7 Å². The fourth-order valence-corrected chi connectivity index (χ4v) is 4.12. The van der Waals surface area contributed by atoms with Crippen molar-refractivity contribution in [2.75, 3.05) is 13.7 Å². The van der Waals surface area contributed by atoms with Crippen LogP contribution in [0.15, 0.2) is 78.2 Å². The first-order valence-corrected chi connectivity index (χ1v) is 11.6. The number of Topliss-reactive ketones (excluding diaryl/α,β-unsaturated/α-hetero) is 1. The van der Waals surface area contributed by atoms with Crippen LogP contribution in [0.2, 0.25) is 5.02 Å². The molecule has 0 aliphatic carbocycles. The van der Waals surface area contributed by atoms with Gasteiger partial charge in [0.25, 0.3) is 0 Å². The van der Waals surface area contributed by atoms with Crippen molar-refractivity contribution in [3.05, 3.63) is 99.3 Å². The van der Waals surface area contributed by atoms with Crippen molar-refractivity contribution in [2.45, 2.75) is 0 Å². The maximum atomic E-state index is 12.4. The average molecular weight is 487 g/mol. The van der Waals surface area contributed by atoms with Crippen LogP contribution in [0.5, 0.6) is 11.5 Å². The van der Waals surface area contributed by atoms with E-state index in [2.05, 4.69) is 11.1 Å². The van der Waals surface area contributed by atoms with E-state index >= 15 is 0 Å². The van der Waals surface area contributed by atoms with Gasteiger partial charge in [-0.25, -0.2) is 4.98 Å². The molecule has 0 unspecified atom stereocenters. The number of carbonyl (C=O) groups excluding carboxylic acids is 1. The lowest BCUT2D eigenvalue weighted by Crippen LogP contribution is -2.12. The van der Waals surface area contributed by atoms with Crippen LogP contribution in [-0.4, -0.2) is 24.5 Å². The molecule has 168 valence electrons. The monoisotopic (exact) mass is 486 g/mol. The van der Waals surface area contributed by atoms with Gasteiger partial charge < -0.3 is 9.47 Å². The number of nitriles is 1. The van der Waals surface area contributed by atoms with Crippen molar-refractivity contribution in [1.29, 1.82) is 5.26 Å². The highest BCUT2D eigenvalue weighted by molar-refractivity contribution is 7.11. The number of ketones is 1. The molecule has 0 saturated heterocycles. The smallest absolute Gasteiger partial charge is 0.200 e. The summed E-state index contributed by atoms with van der Waals surface area (Å²) in [5, 5.41) is 12.9. The maximum Gasteiger partial charge on any atom is 0.200 e. The molecule has 3 aromatic carbocycles. The van der Waals surface area contributed by atoms with Crippen molar-refractivity contribution < 1.29 is 14.3 Å². The summed E-state index contributed by atoms with van der Waals surface area (Å²) >= 11 is 7.29. The number of methoxy groups -OCH3 is 1. The summed E-state index contributed by atoms with van der Waals surface area (Å²) in [6.45, 7) is -0.141. The Kier molecular flexibility index (Phi) is 7.38. The summed E-state index contributed by atoms with van der Waals surface area (Å²) in [7, 11) is 1.52. The summed E-state index contributed by atoms with van der Waals surface area (Å²) in [5.41, 5.74) is 3.54. The summed E-state index contributed by atoms with van der Waals surface area (Å²) in [5.74, 6) is 0.715. The van der Waals surface area contributed by atoms with Gasteiger partial charge in [0.15, 0.2) is 23.9 Å². The highest BCUT2D eigenvalue weighted by Gasteiger charge is 2.12. The molecule has 0 spiro atoms. The third kappa shape index (κ3) is 5.52. The zero-order chi connectivity index (χ0) is 23.9. The lowest BCUT2D eigenvalue weighted by atomic mass is 10.1. The quantitative estimate of drug-likeness (QED) is 0.202. The first-order valence-electron chi connectivity index (χ1n) is 10.3. The summed E-state index contributed by atoms with van der Waals surface area (Å²) in [6, 6.07) is 24.0. The number of thiazole rings is 1. The average Bonchev–Trinajstić information content (AvgIpc) is 3.37. The largest absolute Gasteiger partial charge is 0.493 e. The number of halogens is 1. The first-order chi connectivity index (χ1) is 16.6. The Labute approximate surface area is 206 Å². The standard InChI is InChI=1S/C27H19ClN2O3S/c1-32-26-14-18(7-12-25(26)33-16-24(31)20-8-10-22(28)11-9-20)13-21(15-29)27-30-23(17-34-27)19-5-3-2-4-6-19/h2-14,17H,16H2,1H3/b21-13+. The first kappa shape index (κ1) is 23.2. The van der Waals surface area contributed by atoms with Crippen LogP contribution in [0.1, 0.15) is 20.9 Å². The summed E-state index contributed by atoms with van der Waals surface area (Å²) < 4.78 is 11.1. The molecule has 5 nitrogen and oxygen atoms in total. The highest BCUT2D eigenvalue weighted by Crippen LogP contribution is 2.31. The van der Waals surface area contributed by atoms with Crippen LogP contribution in [0.3, 0.4) is 0 Å². The van der Waals surface area contributed by atoms with Crippen molar-refractivity contribution >= 4 is 40.4 Å². The maximum absolute atomic E-state index is 12.4. The molecule has 0 radical (unpaired) electrons. The summed E-state index contributed by atoms with van der Waals surface area (Å²) in [4.78, 5) is 17.0. The second kappa shape index (κ2) is 10.8. The van der Waals surface area contributed by atoms with Gasteiger partial charge in [0.1, 0.15) is 11.1 Å². The molecule has 1 heterocycles. The number of hydrogen-bond donors (Lipinski definition) is 0. The lowest BCUT2D eigenvalue weighted by molar-refractivity contribution is 0.0919. The molecular formula is C27H19ClN2O3S. The minimum atomic E-state index is -0.174. The van der Waals surface area contributed by atoms with E-state index in [1.165, 1.54) is 18.4 Å². The van der Waals surface area contributed by atoms with E-state index in [1.54, 1.807) is 48.5 Å². The Morgan fingerprint density at radius 1 is 1.09 bits per heavy atom. The molecule has 4 rings (SSSR count). The number of carbonyl (C=O) groups is 1. The van der Waals surface area contributed by atoms with Gasteiger partial charge in [-0.05, 0) is 48.0 Å². The lowest BCUT2D eigenvalue weighted by Gasteiger charge is -2.11. The van der Waals surface area contributed by atoms with Crippen LogP contribution >= 0.6 is 22.9 Å². The Morgan fingerprint density at radius 3 is 2.56 bits per heavy atom. The van der Waals surface area contributed by atoms with Gasteiger partial charge in [-0.1, -0.05) is 48.0 Å². The minimum Gasteiger partial charge on any atom is -0.493 e. The Balaban J connectivity index is 1.51. The van der Waals surface area contributed by atoms with E-state index in [9.17, 15) is 10.1 Å². The van der Waals surface area contributed by atoms with Crippen molar-refractivity contribution in [2.24, 2.45) is 0 Å². The molecule has 0 aliphatic heterocycles. The third-order valence-electron chi connectivity index (χ3n) is 4.95. The molecule has 34 heavy (non-hydrogen) atoms. The number of nitrogens with zero attached hydrogens (tertiary/aromatic N) is 2. The molecule has 0 amide bonds. The Bertz CT molecular complexity index is 1370. The Morgan fingerprint density at radius 2 is 1.85 bits per heavy atom. The van der Waals surface area contributed by atoms with Gasteiger partial charge in [0.05, 0.1) is 18.4 Å². The van der Waals surface area contributed by atoms with Gasteiger partial charge in [-0.3, -0.25) is 4.79 Å². The molecule has 0 atom stereocenters. The van der Waals surface area contributed by atoms with Gasteiger partial charge >= 0.3 is 0 Å². The fourth-order valence-electron chi connectivity index (χ4n) is 3.20. The van der Waals surface area contributed by atoms with E-state index in [4.69, 9.17) is 21.1 Å². The zero-order valence-corrected chi connectivity index (χ0v) is 19.8. The SMILES string of the molecule is COc1cc(/C=C(\C#N)c2nc(-c3ccccc3)cs2)ccc1OCC(=O)c1ccc(Cl)cc1. The molecule has 7 heteroatoms. The molecule has 1 aromatic heterocycles. The Hall–Kier alpha value is -3.92. The minimum absolute atomic E-state index is 0.141. The van der Waals surface area contributed by atoms with Crippen LogP contribution in [0, 0.1) is 11.3 Å². The second-order valence-electron chi connectivity index (χ2n) is 7.20. The van der Waals surface area contributed by atoms with E-state index in [-0.39, 0.29) is 12.4 Å². The zero-order valence-electron chi connectivity index (χ0n) is 18.2. The van der Waals surface area contributed by atoms with Gasteiger partial charge in [0, 0.05) is 21.5 Å². The predicted molar refractivity (Wildman–Crippen MR) is 135 cm³/mol. The fraction of sp³-hybridized carbons (Fsp3) is 0.0741. The number of benzene rings is 3. The highest BCUT2D eigenvalue weighted by atomic mass is 35.5. The van der Waals surface area contributed by atoms with Crippen LogP contribution in [-0.2, 0) is 0 Å². The number of aromatic nitrogens is 1. The van der Waals surface area contributed by atoms with Crippen molar-refractivity contribution in [1.82, 2.24) is 4.98 Å². The van der Waals surface area contributed by atoms with Crippen molar-refractivity contribution in [3.8, 4) is 28.8 Å². The molecular weight excluding hydrogens is 468 g/mol. The molecule has 0 fully saturated rings. The van der Waals surface area contributed by atoms with Crippen LogP contribution in [0.4, 0.5) is 0 Å². The number of hydrogen-bond acceptors (Lipinski definition) is 6. The normalized spacial score (nSPS) is 11.0. The topological polar surface area (TPSA) is 72.2 Å². The number of allylic oxidation sites excluding steroid dienone is 1. The van der Waals surface area contributed by atoms with E-state index in [0.717, 1.165) is 16.8 Å². The van der Waals surface area contributed by atoms with E-state index < -0.39 is 0 Å². The molecule has 0 N–H and O–H groups in total. The predicted octanol–water partition coefficient (Wildman–Crippen LogP) is 6.80. The van der Waals surface area contributed by atoms with Crippen molar-refractivity contribution in [3.63, 3.8) is 0 Å². The van der Waals surface area contributed by atoms with Gasteiger partial charge in [-0.2, -0.15) is 5.26 Å². The molecule has 0 aliphatic rings. The number of rotatable bonds is 8. The summed E-state index contributed by atoms with van der Waals surface area (Å²) in [6.07, 6.45) is 1.75. The third-order valence-corrected chi connectivity index (χ3v) is 6.08. The molecule has 4 aromatic rings. The van der Waals surface area contributed by atoms with E-state index in [0.29, 0.717) is 32.7 Å². The molecule has 0 bridgehead atoms.